The maximum absolute atomic E-state index is 13.1. The molecule has 0 bridgehead atoms. The van der Waals surface area contributed by atoms with Gasteiger partial charge in [0.25, 0.3) is 0 Å². The normalized spacial score (nSPS) is 11.1. The van der Waals surface area contributed by atoms with Crippen molar-refractivity contribution >= 4 is 38.9 Å². The standard InChI is InChI=1S/C18H18ClFN2O4S/c1-22(12-17(23)21-15-4-2-3-14(20)11-15)18(24)9-10-27(25,26)16-7-5-13(19)6-8-16/h2-8,11H,9-10,12H2,1H3,(H,21,23). The van der Waals surface area contributed by atoms with E-state index in [2.05, 4.69) is 5.32 Å². The van der Waals surface area contributed by atoms with Crippen LogP contribution in [-0.2, 0) is 19.4 Å². The molecular weight excluding hydrogens is 395 g/mol. The number of hydrogen-bond donors (Lipinski definition) is 1. The minimum Gasteiger partial charge on any atom is -0.336 e. The molecule has 0 fully saturated rings. The van der Waals surface area contributed by atoms with Gasteiger partial charge in [0, 0.05) is 24.2 Å². The third-order valence-corrected chi connectivity index (χ3v) is 5.66. The minimum absolute atomic E-state index is 0.0752. The number of sulfone groups is 1. The van der Waals surface area contributed by atoms with E-state index in [4.69, 9.17) is 11.6 Å². The lowest BCUT2D eigenvalue weighted by Crippen LogP contribution is -2.35. The largest absolute Gasteiger partial charge is 0.336 e. The first-order valence-corrected chi connectivity index (χ1v) is 9.98. The van der Waals surface area contributed by atoms with Crippen LogP contribution in [0.5, 0.6) is 0 Å². The van der Waals surface area contributed by atoms with E-state index in [1.54, 1.807) is 0 Å². The highest BCUT2D eigenvalue weighted by molar-refractivity contribution is 7.91. The Hall–Kier alpha value is -2.45. The molecular formula is C18H18ClFN2O4S. The molecule has 0 unspecified atom stereocenters. The van der Waals surface area contributed by atoms with Gasteiger partial charge in [-0.3, -0.25) is 9.59 Å². The van der Waals surface area contributed by atoms with Crippen LogP contribution >= 0.6 is 11.6 Å². The van der Waals surface area contributed by atoms with Crippen molar-refractivity contribution in [3.63, 3.8) is 0 Å². The van der Waals surface area contributed by atoms with Crippen molar-refractivity contribution < 1.29 is 22.4 Å². The molecule has 6 nitrogen and oxygen atoms in total. The molecule has 0 radical (unpaired) electrons. The summed E-state index contributed by atoms with van der Waals surface area (Å²) in [5, 5.41) is 2.88. The molecule has 27 heavy (non-hydrogen) atoms. The lowest BCUT2D eigenvalue weighted by molar-refractivity contribution is -0.132. The molecule has 9 heteroatoms. The smallest absolute Gasteiger partial charge is 0.243 e. The summed E-state index contributed by atoms with van der Waals surface area (Å²) in [6, 6.07) is 11.0. The van der Waals surface area contributed by atoms with Crippen LogP contribution in [0.1, 0.15) is 6.42 Å². The topological polar surface area (TPSA) is 83.6 Å². The molecule has 2 aromatic carbocycles. The summed E-state index contributed by atoms with van der Waals surface area (Å²) in [6.07, 6.45) is -0.269. The summed E-state index contributed by atoms with van der Waals surface area (Å²) in [7, 11) is -2.24. The molecule has 0 saturated heterocycles. The molecule has 0 heterocycles. The summed E-state index contributed by atoms with van der Waals surface area (Å²) < 4.78 is 37.6. The van der Waals surface area contributed by atoms with Crippen LogP contribution in [0.4, 0.5) is 10.1 Å². The first-order valence-electron chi connectivity index (χ1n) is 7.95. The van der Waals surface area contributed by atoms with Gasteiger partial charge in [-0.15, -0.1) is 0 Å². The summed E-state index contributed by atoms with van der Waals surface area (Å²) in [4.78, 5) is 25.2. The van der Waals surface area contributed by atoms with E-state index < -0.39 is 27.5 Å². The van der Waals surface area contributed by atoms with Gasteiger partial charge in [0.1, 0.15) is 5.82 Å². The molecule has 0 aliphatic carbocycles. The van der Waals surface area contributed by atoms with Crippen LogP contribution in [0.15, 0.2) is 53.4 Å². The molecule has 144 valence electrons. The molecule has 0 saturated carbocycles. The Balaban J connectivity index is 1.87. The minimum atomic E-state index is -3.64. The highest BCUT2D eigenvalue weighted by Gasteiger charge is 2.19. The van der Waals surface area contributed by atoms with Crippen LogP contribution in [0.3, 0.4) is 0 Å². The number of likely N-dealkylation sites (N-methyl/N-ethyl adjacent to an activating group) is 1. The number of nitrogens with one attached hydrogen (secondary N) is 1. The number of carbonyl (C=O) groups excluding carboxylic acids is 2. The molecule has 2 amide bonds. The molecule has 0 atom stereocenters. The average Bonchev–Trinajstić information content (AvgIpc) is 2.60. The number of amides is 2. The molecule has 2 rings (SSSR count). The van der Waals surface area contributed by atoms with E-state index in [9.17, 15) is 22.4 Å². The fourth-order valence-corrected chi connectivity index (χ4v) is 3.60. The number of hydrogen-bond acceptors (Lipinski definition) is 4. The first-order chi connectivity index (χ1) is 12.7. The molecule has 2 aromatic rings. The Morgan fingerprint density at radius 1 is 1.15 bits per heavy atom. The van der Waals surface area contributed by atoms with Gasteiger partial charge in [-0.1, -0.05) is 17.7 Å². The Labute approximate surface area is 161 Å². The van der Waals surface area contributed by atoms with Crippen molar-refractivity contribution in [3.8, 4) is 0 Å². The first kappa shape index (κ1) is 20.9. The van der Waals surface area contributed by atoms with Gasteiger partial charge in [0.15, 0.2) is 9.84 Å². The van der Waals surface area contributed by atoms with Crippen molar-refractivity contribution in [2.24, 2.45) is 0 Å². The Morgan fingerprint density at radius 3 is 2.44 bits per heavy atom. The quantitative estimate of drug-likeness (QED) is 0.757. The maximum Gasteiger partial charge on any atom is 0.243 e. The highest BCUT2D eigenvalue weighted by atomic mass is 35.5. The zero-order valence-corrected chi connectivity index (χ0v) is 16.1. The molecule has 1 N–H and O–H groups in total. The Bertz CT molecular complexity index is 933. The summed E-state index contributed by atoms with van der Waals surface area (Å²) in [6.45, 7) is -0.281. The fourth-order valence-electron chi connectivity index (χ4n) is 2.24. The maximum atomic E-state index is 13.1. The van der Waals surface area contributed by atoms with Crippen LogP contribution in [-0.4, -0.2) is 44.5 Å². The van der Waals surface area contributed by atoms with E-state index in [1.807, 2.05) is 0 Å². The second-order valence-corrected chi connectivity index (χ2v) is 8.38. The van der Waals surface area contributed by atoms with E-state index in [0.717, 1.165) is 11.0 Å². The number of benzene rings is 2. The van der Waals surface area contributed by atoms with Crippen LogP contribution < -0.4 is 5.32 Å². The third-order valence-electron chi connectivity index (χ3n) is 3.67. The van der Waals surface area contributed by atoms with Crippen LogP contribution in [0.2, 0.25) is 5.02 Å². The lowest BCUT2D eigenvalue weighted by Gasteiger charge is -2.17. The summed E-state index contributed by atoms with van der Waals surface area (Å²) >= 11 is 5.73. The number of rotatable bonds is 7. The van der Waals surface area contributed by atoms with Crippen molar-refractivity contribution in [2.45, 2.75) is 11.3 Å². The molecule has 0 aliphatic rings. The SMILES string of the molecule is CN(CC(=O)Nc1cccc(F)c1)C(=O)CCS(=O)(=O)c1ccc(Cl)cc1. The second kappa shape index (κ2) is 8.96. The van der Waals surface area contributed by atoms with Crippen molar-refractivity contribution in [1.82, 2.24) is 4.90 Å². The zero-order chi connectivity index (χ0) is 20.0. The van der Waals surface area contributed by atoms with E-state index in [0.29, 0.717) is 5.02 Å². The van der Waals surface area contributed by atoms with E-state index in [1.165, 1.54) is 49.5 Å². The van der Waals surface area contributed by atoms with Gasteiger partial charge in [-0.25, -0.2) is 12.8 Å². The molecule has 0 aliphatic heterocycles. The monoisotopic (exact) mass is 412 g/mol. The average molecular weight is 413 g/mol. The third kappa shape index (κ3) is 6.33. The Kier molecular flexibility index (Phi) is 6.92. The Morgan fingerprint density at radius 2 is 1.81 bits per heavy atom. The van der Waals surface area contributed by atoms with E-state index >= 15 is 0 Å². The molecule has 0 aromatic heterocycles. The predicted octanol–water partition coefficient (Wildman–Crippen LogP) is 2.74. The number of carbonyl (C=O) groups is 2. The van der Waals surface area contributed by atoms with Gasteiger partial charge >= 0.3 is 0 Å². The van der Waals surface area contributed by atoms with Crippen molar-refractivity contribution in [1.29, 1.82) is 0 Å². The number of nitrogens with zero attached hydrogens (tertiary/aromatic N) is 1. The molecule has 0 spiro atoms. The highest BCUT2D eigenvalue weighted by Crippen LogP contribution is 2.16. The van der Waals surface area contributed by atoms with Gasteiger partial charge in [-0.05, 0) is 42.5 Å². The lowest BCUT2D eigenvalue weighted by atomic mass is 10.3. The predicted molar refractivity (Wildman–Crippen MR) is 101 cm³/mol. The van der Waals surface area contributed by atoms with Crippen LogP contribution in [0, 0.1) is 5.82 Å². The van der Waals surface area contributed by atoms with Gasteiger partial charge in [0.2, 0.25) is 11.8 Å². The van der Waals surface area contributed by atoms with Gasteiger partial charge in [-0.2, -0.15) is 0 Å². The second-order valence-electron chi connectivity index (χ2n) is 5.83. The number of halogens is 2. The summed E-state index contributed by atoms with van der Waals surface area (Å²) in [5.41, 5.74) is 0.270. The van der Waals surface area contributed by atoms with Crippen LogP contribution in [0.25, 0.3) is 0 Å². The van der Waals surface area contributed by atoms with Crippen molar-refractivity contribution in [2.75, 3.05) is 24.7 Å². The van der Waals surface area contributed by atoms with Crippen molar-refractivity contribution in [3.05, 3.63) is 59.4 Å². The van der Waals surface area contributed by atoms with Gasteiger partial charge < -0.3 is 10.2 Å². The zero-order valence-electron chi connectivity index (χ0n) is 14.5. The number of anilines is 1. The van der Waals surface area contributed by atoms with E-state index in [-0.39, 0.29) is 29.3 Å². The van der Waals surface area contributed by atoms with Gasteiger partial charge in [0.05, 0.1) is 17.2 Å². The summed E-state index contributed by atoms with van der Waals surface area (Å²) in [5.74, 6) is -1.90. The fraction of sp³-hybridized carbons (Fsp3) is 0.222.